The molecule has 0 aromatic carbocycles. The van der Waals surface area contributed by atoms with Gasteiger partial charge >= 0.3 is 99.3 Å². The summed E-state index contributed by atoms with van der Waals surface area (Å²) in [5.41, 5.74) is 0. The first kappa shape index (κ1) is 49.8. The van der Waals surface area contributed by atoms with Crippen molar-refractivity contribution in [2.24, 2.45) is 0 Å². The van der Waals surface area contributed by atoms with Crippen LogP contribution in [-0.4, -0.2) is 246 Å². The minimum absolute atomic E-state index is 0. The molecule has 6 N–H and O–H groups in total. The first-order chi connectivity index (χ1) is 19.0. The van der Waals surface area contributed by atoms with Gasteiger partial charge in [-0.15, -0.1) is 0 Å². The first-order valence-corrected chi connectivity index (χ1v) is 12.3. The Bertz CT molecular complexity index is 761. The van der Waals surface area contributed by atoms with Gasteiger partial charge in [0.2, 0.25) is 23.9 Å². The number of amides is 2. The molecule has 236 valence electrons. The number of hydrogen-bond donors (Lipinski definition) is 6. The maximum absolute atomic E-state index is 12.2. The van der Waals surface area contributed by atoms with E-state index in [-0.39, 0.29) is 168 Å². The molecule has 1 saturated heterocycles. The second-order valence-electron chi connectivity index (χ2n) is 8.36. The molecule has 22 heteroatoms. The summed E-state index contributed by atoms with van der Waals surface area (Å²) in [5, 5.41) is 39.6. The predicted octanol–water partition coefficient (Wildman–Crippen LogP) is -6.62. The number of aliphatic carboxylic acids is 4. The van der Waals surface area contributed by atoms with Crippen molar-refractivity contribution >= 4 is 111 Å². The van der Waals surface area contributed by atoms with Gasteiger partial charge in [0.05, 0.1) is 65.9 Å². The summed E-state index contributed by atoms with van der Waals surface area (Å²) in [6.45, 7) is 1.98. The van der Waals surface area contributed by atoms with Crippen LogP contribution >= 0.6 is 0 Å². The average molecular weight is 612 g/mol. The molecule has 44 heavy (non-hydrogen) atoms. The van der Waals surface area contributed by atoms with E-state index >= 15 is 0 Å². The van der Waals surface area contributed by atoms with Crippen molar-refractivity contribution in [3.8, 4) is 0 Å². The van der Waals surface area contributed by atoms with E-state index in [9.17, 15) is 28.8 Å². The summed E-state index contributed by atoms with van der Waals surface area (Å²) in [4.78, 5) is 71.6. The number of nitrogens with one attached hydrogen (secondary N) is 2. The Labute approximate surface area is 302 Å². The fourth-order valence-electron chi connectivity index (χ4n) is 3.24. The van der Waals surface area contributed by atoms with Crippen molar-refractivity contribution in [1.29, 1.82) is 0 Å². The molecule has 0 unspecified atom stereocenters. The zero-order valence-corrected chi connectivity index (χ0v) is 21.8. The van der Waals surface area contributed by atoms with Crippen molar-refractivity contribution < 1.29 is 68.1 Å². The zero-order chi connectivity index (χ0) is 29.9. The van der Waals surface area contributed by atoms with E-state index in [0.29, 0.717) is 0 Å². The molecule has 18 nitrogen and oxygen atoms in total. The van der Waals surface area contributed by atoms with Gasteiger partial charge in [0.15, 0.2) is 0 Å². The van der Waals surface area contributed by atoms with Gasteiger partial charge in [0, 0.05) is 26.2 Å². The summed E-state index contributed by atoms with van der Waals surface area (Å²) in [5.74, 6) is -8.34. The molecule has 0 aliphatic carbocycles. The molecule has 0 aromatic rings. The van der Waals surface area contributed by atoms with Crippen LogP contribution in [0.3, 0.4) is 0 Å². The van der Waals surface area contributed by atoms with Crippen LogP contribution in [0.5, 0.6) is 0 Å². The predicted molar refractivity (Wildman–Crippen MR) is 159 cm³/mol. The molecular formula is C22H40Li4N4O14. The van der Waals surface area contributed by atoms with E-state index in [1.165, 1.54) is 0 Å². The molecule has 0 saturated carbocycles. The number of carboxylic acids is 4. The zero-order valence-electron chi connectivity index (χ0n) is 21.8. The quantitative estimate of drug-likeness (QED) is 0.0991. The maximum atomic E-state index is 12.2. The Balaban J connectivity index is -0.00000200. The molecule has 1 aliphatic rings. The van der Waals surface area contributed by atoms with E-state index in [0.717, 1.165) is 0 Å². The third kappa shape index (κ3) is 23.3. The van der Waals surface area contributed by atoms with Crippen molar-refractivity contribution in [3.05, 3.63) is 0 Å². The molecule has 0 bridgehead atoms. The van der Waals surface area contributed by atoms with Gasteiger partial charge in [-0.2, -0.15) is 0 Å². The Morgan fingerprint density at radius 2 is 0.705 bits per heavy atom. The number of ether oxygens (including phenoxy) is 4. The third-order valence-electron chi connectivity index (χ3n) is 5.28. The van der Waals surface area contributed by atoms with Crippen molar-refractivity contribution in [1.82, 2.24) is 20.4 Å². The molecule has 0 spiro atoms. The van der Waals surface area contributed by atoms with Crippen LogP contribution in [0.2, 0.25) is 0 Å². The number of carbonyl (C=O) groups is 6. The Kier molecular flexibility index (Phi) is 33.3. The Morgan fingerprint density at radius 1 is 0.477 bits per heavy atom. The fourth-order valence-corrected chi connectivity index (χ4v) is 3.24. The van der Waals surface area contributed by atoms with Crippen molar-refractivity contribution in [2.75, 3.05) is 92.1 Å². The van der Waals surface area contributed by atoms with Crippen molar-refractivity contribution in [2.45, 2.75) is 12.1 Å². The second-order valence-corrected chi connectivity index (χ2v) is 8.36. The van der Waals surface area contributed by atoms with Crippen LogP contribution in [0.4, 0.5) is 0 Å². The fraction of sp³-hybridized carbons (Fsp3) is 0.727. The van der Waals surface area contributed by atoms with Gasteiger partial charge in [0.1, 0.15) is 0 Å². The monoisotopic (exact) mass is 612 g/mol. The van der Waals surface area contributed by atoms with Gasteiger partial charge in [-0.05, 0) is 0 Å². The molecular weight excluding hydrogens is 572 g/mol. The van der Waals surface area contributed by atoms with Crippen LogP contribution in [0.25, 0.3) is 0 Å². The van der Waals surface area contributed by atoms with Gasteiger partial charge in [0.25, 0.3) is 0 Å². The van der Waals surface area contributed by atoms with E-state index in [2.05, 4.69) is 0 Å². The van der Waals surface area contributed by atoms with Crippen LogP contribution in [0.1, 0.15) is 0 Å². The van der Waals surface area contributed by atoms with E-state index in [4.69, 9.17) is 39.4 Å². The normalized spacial score (nSPS) is 16.2. The average Bonchev–Trinajstić information content (AvgIpc) is 2.87. The number of rotatable bonds is 10. The number of carboxylic acid groups (broad SMARTS) is 4. The van der Waals surface area contributed by atoms with Crippen molar-refractivity contribution in [3.63, 3.8) is 0 Å². The summed E-state index contributed by atoms with van der Waals surface area (Å²) < 4.78 is 22.0. The SMILES string of the molecule is O=C(CN1CCOCCOCCN(CC(=O)NC(C(=O)O)C(=O)O)CCOCCOCC1)NC(C(=O)O)C(=O)O.[LiH].[LiH].[LiH].[LiH]. The third-order valence-corrected chi connectivity index (χ3v) is 5.28. The standard InChI is InChI=1S/C22H36N4O14.4Li.4H/c27-15(23-17(19(29)30)20(31)32)13-25-1-5-37-9-10-39-7-3-26(4-8-40-12-11-38-6-2-25)14-16(28)24-18(21(33)34)22(35)36;;;;;;;;/h17-18H,1-14H2,(H,23,27)(H,24,28)(H,29,30)(H,31,32)(H,33,34)(H,35,36);;;;;;;;. The molecule has 0 atom stereocenters. The molecule has 1 heterocycles. The number of hydrogen-bond acceptors (Lipinski definition) is 12. The van der Waals surface area contributed by atoms with Gasteiger partial charge < -0.3 is 50.0 Å². The topological polar surface area (TPSA) is 251 Å². The van der Waals surface area contributed by atoms with Gasteiger partial charge in [-0.1, -0.05) is 0 Å². The Morgan fingerprint density at radius 3 is 0.909 bits per heavy atom. The van der Waals surface area contributed by atoms with Crippen LogP contribution in [-0.2, 0) is 47.7 Å². The van der Waals surface area contributed by atoms with Crippen LogP contribution in [0, 0.1) is 0 Å². The van der Waals surface area contributed by atoms with Crippen LogP contribution < -0.4 is 10.6 Å². The van der Waals surface area contributed by atoms with E-state index < -0.39 is 47.8 Å². The molecule has 1 fully saturated rings. The number of carbonyl (C=O) groups excluding carboxylic acids is 2. The summed E-state index contributed by atoms with van der Waals surface area (Å²) in [7, 11) is 0. The first-order valence-electron chi connectivity index (χ1n) is 12.3. The molecule has 0 radical (unpaired) electrons. The van der Waals surface area contributed by atoms with Gasteiger partial charge in [-0.25, -0.2) is 19.2 Å². The molecule has 2 amide bonds. The van der Waals surface area contributed by atoms with E-state index in [1.807, 2.05) is 10.6 Å². The summed E-state index contributed by atoms with van der Waals surface area (Å²) >= 11 is 0. The molecule has 0 aromatic heterocycles. The second kappa shape index (κ2) is 29.4. The minimum atomic E-state index is -2.06. The molecule has 1 aliphatic heterocycles. The summed E-state index contributed by atoms with van der Waals surface area (Å²) in [6.07, 6.45) is 0. The molecule has 1 rings (SSSR count). The van der Waals surface area contributed by atoms with Crippen LogP contribution in [0.15, 0.2) is 0 Å². The Hall–Kier alpha value is -1.03. The van der Waals surface area contributed by atoms with E-state index in [1.54, 1.807) is 9.80 Å². The summed E-state index contributed by atoms with van der Waals surface area (Å²) in [6, 6.07) is -4.13. The number of nitrogens with zero attached hydrogens (tertiary/aromatic N) is 2. The van der Waals surface area contributed by atoms with Gasteiger partial charge in [-0.3, -0.25) is 19.4 Å².